The normalized spacial score (nSPS) is 22.0. The van der Waals surface area contributed by atoms with Gasteiger partial charge in [-0.05, 0) is 36.8 Å². The van der Waals surface area contributed by atoms with Crippen molar-refractivity contribution in [2.24, 2.45) is 11.8 Å². The Morgan fingerprint density at radius 1 is 1.17 bits per heavy atom. The van der Waals surface area contributed by atoms with Gasteiger partial charge < -0.3 is 4.74 Å². The molecule has 0 aromatic heterocycles. The third kappa shape index (κ3) is 4.84. The molecular formula is C18H23F5O. The molecular weight excluding hydrogens is 327 g/mol. The molecule has 1 fully saturated rings. The number of hydrogen-bond donors (Lipinski definition) is 0. The summed E-state index contributed by atoms with van der Waals surface area (Å²) < 4.78 is 72.1. The molecule has 0 aliphatic heterocycles. The molecule has 1 aromatic rings. The third-order valence-corrected chi connectivity index (χ3v) is 4.82. The van der Waals surface area contributed by atoms with Crippen LogP contribution in [0, 0.1) is 24.6 Å². The molecule has 2 rings (SSSR count). The minimum absolute atomic E-state index is 0.00879. The predicted octanol–water partition coefficient (Wildman–Crippen LogP) is 6.65. The molecule has 0 spiro atoms. The summed E-state index contributed by atoms with van der Waals surface area (Å²) in [6.07, 6.45) is -3.02. The van der Waals surface area contributed by atoms with Crippen LogP contribution in [0.2, 0.25) is 0 Å². The van der Waals surface area contributed by atoms with Crippen molar-refractivity contribution in [2.45, 2.75) is 64.9 Å². The Morgan fingerprint density at radius 2 is 1.79 bits per heavy atom. The Hall–Kier alpha value is -1.33. The maximum atomic E-state index is 14.0. The highest BCUT2D eigenvalue weighted by Gasteiger charge is 2.35. The molecule has 0 atom stereocenters. The van der Waals surface area contributed by atoms with Crippen LogP contribution in [0.15, 0.2) is 12.1 Å². The summed E-state index contributed by atoms with van der Waals surface area (Å²) in [5, 5.41) is 0. The molecule has 1 aromatic carbocycles. The van der Waals surface area contributed by atoms with Crippen molar-refractivity contribution in [1.82, 2.24) is 0 Å². The summed E-state index contributed by atoms with van der Waals surface area (Å²) in [5.41, 5.74) is -0.876. The van der Waals surface area contributed by atoms with Crippen molar-refractivity contribution in [2.75, 3.05) is 0 Å². The quantitative estimate of drug-likeness (QED) is 0.522. The average Bonchev–Trinajstić information content (AvgIpc) is 2.49. The highest BCUT2D eigenvalue weighted by Crippen LogP contribution is 2.37. The first-order valence-electron chi connectivity index (χ1n) is 8.33. The zero-order valence-corrected chi connectivity index (χ0v) is 13.9. The van der Waals surface area contributed by atoms with E-state index in [4.69, 9.17) is 0 Å². The van der Waals surface area contributed by atoms with Crippen molar-refractivity contribution in [3.8, 4) is 5.75 Å². The van der Waals surface area contributed by atoms with Crippen LogP contribution >= 0.6 is 0 Å². The fourth-order valence-electron chi connectivity index (χ4n) is 3.22. The maximum Gasteiger partial charge on any atom is 0.397 e. The van der Waals surface area contributed by atoms with E-state index in [0.29, 0.717) is 5.92 Å². The summed E-state index contributed by atoms with van der Waals surface area (Å²) in [6.45, 7) is 3.45. The van der Waals surface area contributed by atoms with Gasteiger partial charge in [0.15, 0.2) is 11.6 Å². The fraction of sp³-hybridized carbons (Fsp3) is 0.667. The molecule has 1 aliphatic rings. The second kappa shape index (κ2) is 7.70. The van der Waals surface area contributed by atoms with Gasteiger partial charge in [0.1, 0.15) is 0 Å². The van der Waals surface area contributed by atoms with Crippen LogP contribution in [-0.2, 0) is 0 Å². The van der Waals surface area contributed by atoms with Crippen LogP contribution in [0.1, 0.15) is 63.0 Å². The first-order chi connectivity index (χ1) is 11.2. The van der Waals surface area contributed by atoms with E-state index in [1.165, 1.54) is 13.0 Å². The maximum absolute atomic E-state index is 14.0. The highest BCUT2D eigenvalue weighted by molar-refractivity contribution is 5.37. The lowest BCUT2D eigenvalue weighted by molar-refractivity contribution is -0.185. The first kappa shape index (κ1) is 19.0. The van der Waals surface area contributed by atoms with E-state index in [0.717, 1.165) is 31.7 Å². The monoisotopic (exact) mass is 350 g/mol. The summed E-state index contributed by atoms with van der Waals surface area (Å²) in [7, 11) is 0. The molecule has 136 valence electrons. The lowest BCUT2D eigenvalue weighted by Gasteiger charge is -2.27. The molecule has 0 amide bonds. The molecule has 0 radical (unpaired) electrons. The first-order valence-corrected chi connectivity index (χ1v) is 8.33. The Morgan fingerprint density at radius 3 is 2.38 bits per heavy atom. The Kier molecular flexibility index (Phi) is 6.10. The van der Waals surface area contributed by atoms with Crippen molar-refractivity contribution in [1.29, 1.82) is 0 Å². The third-order valence-electron chi connectivity index (χ3n) is 4.82. The number of ether oxygens (including phenoxy) is 1. The number of alkyl halides is 4. The molecule has 1 nitrogen and oxygen atoms in total. The second-order valence-electron chi connectivity index (χ2n) is 6.81. The molecule has 24 heavy (non-hydrogen) atoms. The van der Waals surface area contributed by atoms with E-state index in [2.05, 4.69) is 11.7 Å². The standard InChI is InChI=1S/C18H23F5O/c1-11-3-6-13(7-4-11)9-10-18(22,23)24-14-8-5-12(2)15(16(14)19)17(20)21/h5,8,11,13,17H,3-4,6-7,9-10H2,1-2H3. The number of benzene rings is 1. The Labute approximate surface area is 139 Å². The topological polar surface area (TPSA) is 9.23 Å². The van der Waals surface area contributed by atoms with Gasteiger partial charge >= 0.3 is 6.11 Å². The zero-order valence-electron chi connectivity index (χ0n) is 13.9. The van der Waals surface area contributed by atoms with Crippen molar-refractivity contribution in [3.05, 3.63) is 29.1 Å². The molecule has 0 N–H and O–H groups in total. The van der Waals surface area contributed by atoms with Gasteiger partial charge in [-0.2, -0.15) is 8.78 Å². The second-order valence-corrected chi connectivity index (χ2v) is 6.81. The van der Waals surface area contributed by atoms with Crippen LogP contribution in [0.3, 0.4) is 0 Å². The van der Waals surface area contributed by atoms with Crippen molar-refractivity contribution in [3.63, 3.8) is 0 Å². The predicted molar refractivity (Wildman–Crippen MR) is 82.0 cm³/mol. The van der Waals surface area contributed by atoms with Gasteiger partial charge in [-0.1, -0.05) is 38.7 Å². The fourth-order valence-corrected chi connectivity index (χ4v) is 3.22. The minimum Gasteiger partial charge on any atom is -0.429 e. The van der Waals surface area contributed by atoms with Gasteiger partial charge in [0.2, 0.25) is 0 Å². The van der Waals surface area contributed by atoms with E-state index in [1.807, 2.05) is 0 Å². The van der Waals surface area contributed by atoms with E-state index in [1.54, 1.807) is 0 Å². The summed E-state index contributed by atoms with van der Waals surface area (Å²) in [4.78, 5) is 0. The summed E-state index contributed by atoms with van der Waals surface area (Å²) in [6, 6.07) is 2.14. The smallest absolute Gasteiger partial charge is 0.397 e. The molecule has 0 bridgehead atoms. The van der Waals surface area contributed by atoms with Crippen LogP contribution in [0.5, 0.6) is 5.75 Å². The Bertz CT molecular complexity index is 551. The van der Waals surface area contributed by atoms with E-state index < -0.39 is 36.1 Å². The van der Waals surface area contributed by atoms with E-state index in [9.17, 15) is 22.0 Å². The van der Waals surface area contributed by atoms with Gasteiger partial charge in [0, 0.05) is 0 Å². The molecule has 0 saturated heterocycles. The van der Waals surface area contributed by atoms with Crippen molar-refractivity contribution >= 4 is 0 Å². The molecule has 6 heteroatoms. The van der Waals surface area contributed by atoms with E-state index in [-0.39, 0.29) is 17.9 Å². The van der Waals surface area contributed by atoms with Gasteiger partial charge in [-0.3, -0.25) is 0 Å². The number of hydrogen-bond acceptors (Lipinski definition) is 1. The number of aryl methyl sites for hydroxylation is 1. The van der Waals surface area contributed by atoms with Gasteiger partial charge in [-0.25, -0.2) is 13.2 Å². The summed E-state index contributed by atoms with van der Waals surface area (Å²) >= 11 is 0. The lowest BCUT2D eigenvalue weighted by Crippen LogP contribution is -2.27. The Balaban J connectivity index is 2.00. The van der Waals surface area contributed by atoms with Crippen LogP contribution in [-0.4, -0.2) is 6.11 Å². The molecule has 1 saturated carbocycles. The number of halogens is 5. The highest BCUT2D eigenvalue weighted by atomic mass is 19.3. The van der Waals surface area contributed by atoms with Gasteiger partial charge in [0.25, 0.3) is 6.43 Å². The molecule has 0 unspecified atom stereocenters. The lowest BCUT2D eigenvalue weighted by atomic mass is 9.81. The minimum atomic E-state index is -3.57. The van der Waals surface area contributed by atoms with Crippen LogP contribution < -0.4 is 4.74 Å². The summed E-state index contributed by atoms with van der Waals surface area (Å²) in [5.74, 6) is -1.38. The molecule has 0 heterocycles. The van der Waals surface area contributed by atoms with Gasteiger partial charge in [-0.15, -0.1) is 0 Å². The SMILES string of the molecule is Cc1ccc(OC(F)(F)CCC2CCC(C)CC2)c(F)c1C(F)F. The zero-order chi connectivity index (χ0) is 17.9. The molecule has 1 aliphatic carbocycles. The van der Waals surface area contributed by atoms with Crippen molar-refractivity contribution < 1.29 is 26.7 Å². The number of rotatable bonds is 6. The van der Waals surface area contributed by atoms with Crippen LogP contribution in [0.25, 0.3) is 0 Å². The average molecular weight is 350 g/mol. The largest absolute Gasteiger partial charge is 0.429 e. The van der Waals surface area contributed by atoms with E-state index >= 15 is 0 Å². The van der Waals surface area contributed by atoms with Gasteiger partial charge in [0.05, 0.1) is 12.0 Å². The van der Waals surface area contributed by atoms with Crippen LogP contribution in [0.4, 0.5) is 22.0 Å².